The Kier molecular flexibility index (Phi) is 5.23. The van der Waals surface area contributed by atoms with E-state index in [1.54, 1.807) is 42.5 Å². The van der Waals surface area contributed by atoms with Crippen molar-refractivity contribution in [2.45, 2.75) is 6.61 Å². The van der Waals surface area contributed by atoms with Crippen molar-refractivity contribution in [2.75, 3.05) is 5.32 Å². The number of rotatable bonds is 4. The summed E-state index contributed by atoms with van der Waals surface area (Å²) in [6.45, 7) is -0.163. The standard InChI is InChI=1S/C18H13ClINO3/c19-15-7-3-12(17-8-6-14(10-22)24-17)9-16(15)21-18(23)11-1-4-13(20)5-2-11/h1-9,22H,10H2,(H,21,23). The molecule has 3 aromatic rings. The van der Waals surface area contributed by atoms with Crippen molar-refractivity contribution < 1.29 is 14.3 Å². The van der Waals surface area contributed by atoms with Gasteiger partial charge in [-0.05, 0) is 77.2 Å². The molecule has 0 bridgehead atoms. The van der Waals surface area contributed by atoms with Gasteiger partial charge in [0.05, 0.1) is 10.7 Å². The molecule has 0 unspecified atom stereocenters. The summed E-state index contributed by atoms with van der Waals surface area (Å²) >= 11 is 8.37. The number of furan rings is 1. The summed E-state index contributed by atoms with van der Waals surface area (Å²) in [5, 5.41) is 12.3. The summed E-state index contributed by atoms with van der Waals surface area (Å²) in [5.41, 5.74) is 1.81. The third-order valence-corrected chi connectivity index (χ3v) is 4.47. The second kappa shape index (κ2) is 7.38. The Bertz CT molecular complexity index is 874. The van der Waals surface area contributed by atoms with Gasteiger partial charge in [-0.2, -0.15) is 0 Å². The zero-order valence-electron chi connectivity index (χ0n) is 12.4. The van der Waals surface area contributed by atoms with E-state index >= 15 is 0 Å². The van der Waals surface area contributed by atoms with Gasteiger partial charge in [0.2, 0.25) is 0 Å². The quantitative estimate of drug-likeness (QED) is 0.550. The maximum absolute atomic E-state index is 12.3. The van der Waals surface area contributed by atoms with Crippen molar-refractivity contribution in [3.8, 4) is 11.3 Å². The van der Waals surface area contributed by atoms with Gasteiger partial charge in [-0.15, -0.1) is 0 Å². The van der Waals surface area contributed by atoms with Crippen LogP contribution in [0.3, 0.4) is 0 Å². The molecule has 122 valence electrons. The Morgan fingerprint density at radius 3 is 2.54 bits per heavy atom. The zero-order chi connectivity index (χ0) is 17.1. The summed E-state index contributed by atoms with van der Waals surface area (Å²) < 4.78 is 6.57. The Labute approximate surface area is 157 Å². The Balaban J connectivity index is 1.86. The molecule has 0 saturated heterocycles. The van der Waals surface area contributed by atoms with Crippen molar-refractivity contribution in [1.82, 2.24) is 0 Å². The fourth-order valence-corrected chi connectivity index (χ4v) is 2.71. The van der Waals surface area contributed by atoms with Crippen molar-refractivity contribution >= 4 is 45.8 Å². The van der Waals surface area contributed by atoms with Gasteiger partial charge in [0.15, 0.2) is 0 Å². The summed E-state index contributed by atoms with van der Waals surface area (Å²) in [5.74, 6) is 0.839. The number of aliphatic hydroxyl groups excluding tert-OH is 1. The second-order valence-corrected chi connectivity index (χ2v) is 6.73. The van der Waals surface area contributed by atoms with E-state index in [1.165, 1.54) is 0 Å². The highest BCUT2D eigenvalue weighted by molar-refractivity contribution is 14.1. The molecule has 0 spiro atoms. The van der Waals surface area contributed by atoms with Gasteiger partial charge in [0.1, 0.15) is 18.1 Å². The molecule has 2 aromatic carbocycles. The number of carbonyl (C=O) groups is 1. The molecule has 2 N–H and O–H groups in total. The van der Waals surface area contributed by atoms with Gasteiger partial charge in [-0.1, -0.05) is 11.6 Å². The van der Waals surface area contributed by atoms with Gasteiger partial charge >= 0.3 is 0 Å². The topological polar surface area (TPSA) is 62.5 Å². The minimum absolute atomic E-state index is 0.163. The second-order valence-electron chi connectivity index (χ2n) is 5.08. The lowest BCUT2D eigenvalue weighted by Crippen LogP contribution is -2.12. The molecule has 0 aliphatic rings. The summed E-state index contributed by atoms with van der Waals surface area (Å²) in [4.78, 5) is 12.3. The fourth-order valence-electron chi connectivity index (χ4n) is 2.19. The summed E-state index contributed by atoms with van der Waals surface area (Å²) in [7, 11) is 0. The van der Waals surface area contributed by atoms with Crippen LogP contribution in [0.4, 0.5) is 5.69 Å². The fraction of sp³-hybridized carbons (Fsp3) is 0.0556. The minimum atomic E-state index is -0.235. The smallest absolute Gasteiger partial charge is 0.255 e. The predicted molar refractivity (Wildman–Crippen MR) is 102 cm³/mol. The minimum Gasteiger partial charge on any atom is -0.459 e. The van der Waals surface area contributed by atoms with Crippen LogP contribution in [0.25, 0.3) is 11.3 Å². The number of amides is 1. The number of anilines is 1. The first-order chi connectivity index (χ1) is 11.6. The van der Waals surface area contributed by atoms with E-state index in [4.69, 9.17) is 21.1 Å². The molecular weight excluding hydrogens is 441 g/mol. The highest BCUT2D eigenvalue weighted by Gasteiger charge is 2.11. The lowest BCUT2D eigenvalue weighted by Gasteiger charge is -2.09. The molecule has 0 fully saturated rings. The van der Waals surface area contributed by atoms with E-state index < -0.39 is 0 Å². The van der Waals surface area contributed by atoms with E-state index in [0.29, 0.717) is 27.8 Å². The molecule has 0 saturated carbocycles. The third-order valence-electron chi connectivity index (χ3n) is 3.42. The summed E-state index contributed by atoms with van der Waals surface area (Å²) in [6.07, 6.45) is 0. The van der Waals surface area contributed by atoms with Crippen LogP contribution in [0.1, 0.15) is 16.1 Å². The lowest BCUT2D eigenvalue weighted by molar-refractivity contribution is 0.102. The van der Waals surface area contributed by atoms with Gasteiger partial charge < -0.3 is 14.8 Å². The first-order valence-electron chi connectivity index (χ1n) is 7.13. The van der Waals surface area contributed by atoms with Gasteiger partial charge in [-0.3, -0.25) is 4.79 Å². The van der Waals surface area contributed by atoms with Crippen molar-refractivity contribution in [3.05, 3.63) is 74.5 Å². The number of aliphatic hydroxyl groups is 1. The van der Waals surface area contributed by atoms with Crippen molar-refractivity contribution in [2.24, 2.45) is 0 Å². The average molecular weight is 454 g/mol. The van der Waals surface area contributed by atoms with Crippen LogP contribution in [0.2, 0.25) is 5.02 Å². The predicted octanol–water partition coefficient (Wildman–Crippen LogP) is 4.95. The molecule has 1 heterocycles. The van der Waals surface area contributed by atoms with Crippen LogP contribution in [-0.4, -0.2) is 11.0 Å². The molecule has 4 nitrogen and oxygen atoms in total. The molecule has 1 aromatic heterocycles. The first kappa shape index (κ1) is 17.0. The van der Waals surface area contributed by atoms with Gasteiger partial charge in [-0.25, -0.2) is 0 Å². The monoisotopic (exact) mass is 453 g/mol. The maximum atomic E-state index is 12.3. The van der Waals surface area contributed by atoms with Crippen LogP contribution in [0.5, 0.6) is 0 Å². The van der Waals surface area contributed by atoms with Crippen LogP contribution in [0, 0.1) is 3.57 Å². The highest BCUT2D eigenvalue weighted by atomic mass is 127. The Hall–Kier alpha value is -1.83. The lowest BCUT2D eigenvalue weighted by atomic mass is 10.1. The molecule has 0 aliphatic heterocycles. The van der Waals surface area contributed by atoms with Crippen LogP contribution in [0.15, 0.2) is 59.0 Å². The molecule has 0 aliphatic carbocycles. The van der Waals surface area contributed by atoms with E-state index in [0.717, 1.165) is 9.13 Å². The van der Waals surface area contributed by atoms with Crippen molar-refractivity contribution in [1.29, 1.82) is 0 Å². The molecular formula is C18H13ClINO3. The molecule has 0 atom stereocenters. The number of benzene rings is 2. The van der Waals surface area contributed by atoms with Crippen molar-refractivity contribution in [3.63, 3.8) is 0 Å². The number of hydrogen-bond acceptors (Lipinski definition) is 3. The van der Waals surface area contributed by atoms with Gasteiger partial charge in [0.25, 0.3) is 5.91 Å². The zero-order valence-corrected chi connectivity index (χ0v) is 15.3. The first-order valence-corrected chi connectivity index (χ1v) is 8.59. The number of hydrogen-bond donors (Lipinski definition) is 2. The van der Waals surface area contributed by atoms with Crippen LogP contribution < -0.4 is 5.32 Å². The Morgan fingerprint density at radius 1 is 1.12 bits per heavy atom. The van der Waals surface area contributed by atoms with E-state index in [2.05, 4.69) is 27.9 Å². The number of halogens is 2. The number of carbonyl (C=O) groups excluding carboxylic acids is 1. The van der Waals surface area contributed by atoms with Crippen LogP contribution in [-0.2, 0) is 6.61 Å². The van der Waals surface area contributed by atoms with Gasteiger partial charge in [0, 0.05) is 14.7 Å². The largest absolute Gasteiger partial charge is 0.459 e. The maximum Gasteiger partial charge on any atom is 0.255 e. The SMILES string of the molecule is O=C(Nc1cc(-c2ccc(CO)o2)ccc1Cl)c1ccc(I)cc1. The average Bonchev–Trinajstić information content (AvgIpc) is 3.06. The molecule has 0 radical (unpaired) electrons. The molecule has 24 heavy (non-hydrogen) atoms. The van der Waals surface area contributed by atoms with E-state index in [-0.39, 0.29) is 12.5 Å². The normalized spacial score (nSPS) is 10.6. The molecule has 3 rings (SSSR count). The Morgan fingerprint density at radius 2 is 1.88 bits per heavy atom. The van der Waals surface area contributed by atoms with E-state index in [9.17, 15) is 4.79 Å². The molecule has 6 heteroatoms. The van der Waals surface area contributed by atoms with Crippen LogP contribution >= 0.6 is 34.2 Å². The number of nitrogens with one attached hydrogen (secondary N) is 1. The third kappa shape index (κ3) is 3.80. The van der Waals surface area contributed by atoms with E-state index in [1.807, 2.05) is 12.1 Å². The highest BCUT2D eigenvalue weighted by Crippen LogP contribution is 2.30. The molecule has 1 amide bonds. The summed E-state index contributed by atoms with van der Waals surface area (Å²) in [6, 6.07) is 16.0.